The number of hydrogen-bond donors (Lipinski definition) is 1. The van der Waals surface area contributed by atoms with Gasteiger partial charge in [0.15, 0.2) is 0 Å². The van der Waals surface area contributed by atoms with Crippen LogP contribution < -0.4 is 0 Å². The first-order valence-electron chi connectivity index (χ1n) is 6.23. The van der Waals surface area contributed by atoms with Crippen LogP contribution in [0.1, 0.15) is 59.8 Å². The van der Waals surface area contributed by atoms with Crippen molar-refractivity contribution < 1.29 is 5.11 Å². The number of hydrogen-bond acceptors (Lipinski definition) is 1. The van der Waals surface area contributed by atoms with Gasteiger partial charge in [0, 0.05) is 0 Å². The van der Waals surface area contributed by atoms with Gasteiger partial charge in [0.25, 0.3) is 0 Å². The molecule has 0 aliphatic heterocycles. The smallest absolute Gasteiger partial charge is 0.0656 e. The molecule has 1 rings (SSSR count). The summed E-state index contributed by atoms with van der Waals surface area (Å²) in [6, 6.07) is 0. The molecule has 14 heavy (non-hydrogen) atoms. The largest absolute Gasteiger partial charge is 0.390 e. The van der Waals surface area contributed by atoms with Gasteiger partial charge in [-0.3, -0.25) is 0 Å². The van der Waals surface area contributed by atoms with E-state index >= 15 is 0 Å². The molecular weight excluding hydrogens is 172 g/mol. The summed E-state index contributed by atoms with van der Waals surface area (Å²) in [5.74, 6) is 2.25. The minimum absolute atomic E-state index is 0.300. The molecule has 84 valence electrons. The van der Waals surface area contributed by atoms with E-state index in [1.54, 1.807) is 0 Å². The van der Waals surface area contributed by atoms with Crippen LogP contribution in [0.15, 0.2) is 0 Å². The standard InChI is InChI=1S/C13H26O/c1-5-11(6-2)7-13(14)8-12(9-13)10(3)4/h10-12,14H,5-9H2,1-4H3. The molecule has 0 saturated heterocycles. The second-order valence-electron chi connectivity index (χ2n) is 5.52. The molecule has 1 N–H and O–H groups in total. The Balaban J connectivity index is 2.33. The maximum absolute atomic E-state index is 10.3. The van der Waals surface area contributed by atoms with E-state index in [2.05, 4.69) is 27.7 Å². The molecule has 1 fully saturated rings. The fourth-order valence-electron chi connectivity index (χ4n) is 2.67. The lowest BCUT2D eigenvalue weighted by atomic mass is 9.63. The van der Waals surface area contributed by atoms with Gasteiger partial charge in [-0.1, -0.05) is 40.5 Å². The molecule has 1 aliphatic rings. The summed E-state index contributed by atoms with van der Waals surface area (Å²) in [5, 5.41) is 10.3. The molecule has 0 unspecified atom stereocenters. The molecule has 0 heterocycles. The Morgan fingerprint density at radius 3 is 2.07 bits per heavy atom. The normalized spacial score (nSPS) is 32.4. The molecule has 0 aromatic carbocycles. The van der Waals surface area contributed by atoms with Crippen LogP contribution in [0.3, 0.4) is 0 Å². The van der Waals surface area contributed by atoms with Crippen LogP contribution in [0, 0.1) is 17.8 Å². The monoisotopic (exact) mass is 198 g/mol. The fourth-order valence-corrected chi connectivity index (χ4v) is 2.67. The Kier molecular flexibility index (Phi) is 4.00. The van der Waals surface area contributed by atoms with E-state index in [1.165, 1.54) is 12.8 Å². The lowest BCUT2D eigenvalue weighted by Crippen LogP contribution is -2.46. The zero-order chi connectivity index (χ0) is 10.8. The quantitative estimate of drug-likeness (QED) is 0.715. The molecule has 0 spiro atoms. The van der Waals surface area contributed by atoms with Gasteiger partial charge in [-0.05, 0) is 37.0 Å². The second-order valence-corrected chi connectivity index (χ2v) is 5.52. The maximum atomic E-state index is 10.3. The van der Waals surface area contributed by atoms with E-state index in [-0.39, 0.29) is 5.60 Å². The predicted molar refractivity (Wildman–Crippen MR) is 61.2 cm³/mol. The van der Waals surface area contributed by atoms with Crippen LogP contribution in [0.4, 0.5) is 0 Å². The van der Waals surface area contributed by atoms with Crippen LogP contribution >= 0.6 is 0 Å². The Labute approximate surface area is 88.9 Å². The van der Waals surface area contributed by atoms with Gasteiger partial charge in [0.1, 0.15) is 0 Å². The summed E-state index contributed by atoms with van der Waals surface area (Å²) >= 11 is 0. The average molecular weight is 198 g/mol. The minimum Gasteiger partial charge on any atom is -0.390 e. The summed E-state index contributed by atoms with van der Waals surface area (Å²) in [4.78, 5) is 0. The molecule has 0 atom stereocenters. The van der Waals surface area contributed by atoms with Gasteiger partial charge < -0.3 is 5.11 Å². The number of rotatable bonds is 5. The Bertz CT molecular complexity index is 164. The predicted octanol–water partition coefficient (Wildman–Crippen LogP) is 3.61. The third-order valence-electron chi connectivity index (χ3n) is 4.05. The van der Waals surface area contributed by atoms with Gasteiger partial charge in [0.05, 0.1) is 5.60 Å². The van der Waals surface area contributed by atoms with E-state index < -0.39 is 0 Å². The van der Waals surface area contributed by atoms with Crippen LogP contribution in [0.25, 0.3) is 0 Å². The molecule has 1 heteroatoms. The Morgan fingerprint density at radius 2 is 1.71 bits per heavy atom. The van der Waals surface area contributed by atoms with Crippen molar-refractivity contribution in [2.24, 2.45) is 17.8 Å². The van der Waals surface area contributed by atoms with Crippen LogP contribution in [0.5, 0.6) is 0 Å². The topological polar surface area (TPSA) is 20.2 Å². The highest BCUT2D eigenvalue weighted by Gasteiger charge is 2.44. The first-order chi connectivity index (χ1) is 6.50. The summed E-state index contributed by atoms with van der Waals surface area (Å²) in [6.45, 7) is 9.00. The van der Waals surface area contributed by atoms with Crippen molar-refractivity contribution in [2.75, 3.05) is 0 Å². The second kappa shape index (κ2) is 4.65. The summed E-state index contributed by atoms with van der Waals surface area (Å²) in [5.41, 5.74) is -0.300. The molecule has 0 bridgehead atoms. The van der Waals surface area contributed by atoms with Crippen LogP contribution in [0.2, 0.25) is 0 Å². The first kappa shape index (κ1) is 12.0. The third-order valence-corrected chi connectivity index (χ3v) is 4.05. The van der Waals surface area contributed by atoms with Crippen molar-refractivity contribution in [1.82, 2.24) is 0 Å². The first-order valence-corrected chi connectivity index (χ1v) is 6.23. The van der Waals surface area contributed by atoms with Gasteiger partial charge in [0.2, 0.25) is 0 Å². The highest BCUT2D eigenvalue weighted by Crippen LogP contribution is 2.46. The minimum atomic E-state index is -0.300. The van der Waals surface area contributed by atoms with Crippen molar-refractivity contribution in [3.8, 4) is 0 Å². The molecular formula is C13H26O. The maximum Gasteiger partial charge on any atom is 0.0656 e. The van der Waals surface area contributed by atoms with Crippen molar-refractivity contribution in [3.05, 3.63) is 0 Å². The molecule has 0 aromatic heterocycles. The fraction of sp³-hybridized carbons (Fsp3) is 1.00. The molecule has 0 amide bonds. The van der Waals surface area contributed by atoms with E-state index in [0.717, 1.165) is 37.0 Å². The van der Waals surface area contributed by atoms with Crippen molar-refractivity contribution in [2.45, 2.75) is 65.4 Å². The lowest BCUT2D eigenvalue weighted by molar-refractivity contribution is -0.102. The van der Waals surface area contributed by atoms with Crippen molar-refractivity contribution in [1.29, 1.82) is 0 Å². The third kappa shape index (κ3) is 2.73. The summed E-state index contributed by atoms with van der Waals surface area (Å²) in [6.07, 6.45) is 5.54. The number of aliphatic hydroxyl groups is 1. The Hall–Kier alpha value is -0.0400. The Morgan fingerprint density at radius 1 is 1.21 bits per heavy atom. The van der Waals surface area contributed by atoms with E-state index in [9.17, 15) is 5.11 Å². The molecule has 0 aromatic rings. The lowest BCUT2D eigenvalue weighted by Gasteiger charge is -2.47. The van der Waals surface area contributed by atoms with Crippen LogP contribution in [-0.4, -0.2) is 10.7 Å². The van der Waals surface area contributed by atoms with E-state index in [1.807, 2.05) is 0 Å². The molecule has 1 saturated carbocycles. The summed E-state index contributed by atoms with van der Waals surface area (Å²) < 4.78 is 0. The van der Waals surface area contributed by atoms with E-state index in [0.29, 0.717) is 0 Å². The van der Waals surface area contributed by atoms with Gasteiger partial charge in [-0.15, -0.1) is 0 Å². The highest BCUT2D eigenvalue weighted by molar-refractivity contribution is 4.96. The molecule has 1 aliphatic carbocycles. The molecule has 1 nitrogen and oxygen atoms in total. The van der Waals surface area contributed by atoms with Gasteiger partial charge >= 0.3 is 0 Å². The van der Waals surface area contributed by atoms with Gasteiger partial charge in [-0.2, -0.15) is 0 Å². The zero-order valence-electron chi connectivity index (χ0n) is 10.2. The van der Waals surface area contributed by atoms with Crippen molar-refractivity contribution in [3.63, 3.8) is 0 Å². The van der Waals surface area contributed by atoms with Crippen LogP contribution in [-0.2, 0) is 0 Å². The van der Waals surface area contributed by atoms with E-state index in [4.69, 9.17) is 0 Å². The molecule has 0 radical (unpaired) electrons. The van der Waals surface area contributed by atoms with Gasteiger partial charge in [-0.25, -0.2) is 0 Å². The van der Waals surface area contributed by atoms with Crippen molar-refractivity contribution >= 4 is 0 Å². The SMILES string of the molecule is CCC(CC)CC1(O)CC(C(C)C)C1. The summed E-state index contributed by atoms with van der Waals surface area (Å²) in [7, 11) is 0. The highest BCUT2D eigenvalue weighted by atomic mass is 16.3. The zero-order valence-corrected chi connectivity index (χ0v) is 10.2. The average Bonchev–Trinajstić information content (AvgIpc) is 2.09.